The van der Waals surface area contributed by atoms with E-state index in [2.05, 4.69) is 11.9 Å². The molecule has 1 fully saturated rings. The molecule has 1 aliphatic rings. The summed E-state index contributed by atoms with van der Waals surface area (Å²) < 4.78 is 10.9. The first-order valence-corrected chi connectivity index (χ1v) is 6.56. The Morgan fingerprint density at radius 3 is 2.78 bits per heavy atom. The molecule has 0 amide bonds. The lowest BCUT2D eigenvalue weighted by molar-refractivity contribution is 0.0855. The summed E-state index contributed by atoms with van der Waals surface area (Å²) in [7, 11) is 2.09. The molecule has 1 heterocycles. The summed E-state index contributed by atoms with van der Waals surface area (Å²) >= 11 is 0. The van der Waals surface area contributed by atoms with Crippen molar-refractivity contribution < 1.29 is 9.47 Å². The zero-order valence-corrected chi connectivity index (χ0v) is 11.2. The SMILES string of the molecule is CCOc1cccc(N(C)C2CCOCC2)c1N. The predicted molar refractivity (Wildman–Crippen MR) is 74.3 cm³/mol. The first-order chi connectivity index (χ1) is 8.74. The third-order valence-corrected chi connectivity index (χ3v) is 3.46. The fraction of sp³-hybridized carbons (Fsp3) is 0.571. The van der Waals surface area contributed by atoms with E-state index in [0.29, 0.717) is 12.6 Å². The Bertz CT molecular complexity index is 389. The van der Waals surface area contributed by atoms with Crippen molar-refractivity contribution in [3.8, 4) is 5.75 Å². The van der Waals surface area contributed by atoms with Gasteiger partial charge in [0.15, 0.2) is 0 Å². The van der Waals surface area contributed by atoms with E-state index in [4.69, 9.17) is 15.2 Å². The summed E-state index contributed by atoms with van der Waals surface area (Å²) in [6.07, 6.45) is 2.10. The minimum Gasteiger partial charge on any atom is -0.492 e. The van der Waals surface area contributed by atoms with Crippen LogP contribution in [0.3, 0.4) is 0 Å². The average molecular weight is 250 g/mol. The second-order valence-corrected chi connectivity index (χ2v) is 4.58. The molecular weight excluding hydrogens is 228 g/mol. The maximum Gasteiger partial charge on any atom is 0.144 e. The number of benzene rings is 1. The van der Waals surface area contributed by atoms with Gasteiger partial charge >= 0.3 is 0 Å². The van der Waals surface area contributed by atoms with Crippen LogP contribution in [0.1, 0.15) is 19.8 Å². The fourth-order valence-corrected chi connectivity index (χ4v) is 2.39. The van der Waals surface area contributed by atoms with E-state index in [-0.39, 0.29) is 0 Å². The van der Waals surface area contributed by atoms with E-state index in [1.807, 2.05) is 25.1 Å². The molecule has 100 valence electrons. The zero-order chi connectivity index (χ0) is 13.0. The summed E-state index contributed by atoms with van der Waals surface area (Å²) in [4.78, 5) is 2.25. The molecule has 1 aromatic carbocycles. The number of nitrogen functional groups attached to an aromatic ring is 1. The van der Waals surface area contributed by atoms with E-state index >= 15 is 0 Å². The van der Waals surface area contributed by atoms with Gasteiger partial charge in [-0.05, 0) is 31.9 Å². The molecule has 0 atom stereocenters. The van der Waals surface area contributed by atoms with Crippen LogP contribution < -0.4 is 15.4 Å². The molecule has 18 heavy (non-hydrogen) atoms. The van der Waals surface area contributed by atoms with Crippen LogP contribution in [0, 0.1) is 0 Å². The van der Waals surface area contributed by atoms with Crippen molar-refractivity contribution in [2.24, 2.45) is 0 Å². The lowest BCUT2D eigenvalue weighted by atomic mass is 10.1. The van der Waals surface area contributed by atoms with Gasteiger partial charge in [-0.1, -0.05) is 6.07 Å². The van der Waals surface area contributed by atoms with Crippen LogP contribution in [-0.2, 0) is 4.74 Å². The van der Waals surface area contributed by atoms with Crippen molar-refractivity contribution in [2.75, 3.05) is 37.5 Å². The van der Waals surface area contributed by atoms with Crippen LogP contribution in [0.25, 0.3) is 0 Å². The van der Waals surface area contributed by atoms with E-state index in [1.54, 1.807) is 0 Å². The number of rotatable bonds is 4. The molecule has 4 heteroatoms. The molecule has 0 aliphatic carbocycles. The Hall–Kier alpha value is -1.42. The van der Waals surface area contributed by atoms with Crippen LogP contribution >= 0.6 is 0 Å². The number of nitrogens with two attached hydrogens (primary N) is 1. The Morgan fingerprint density at radius 1 is 1.39 bits per heavy atom. The molecule has 0 unspecified atom stereocenters. The van der Waals surface area contributed by atoms with Gasteiger partial charge in [0.25, 0.3) is 0 Å². The number of hydrogen-bond donors (Lipinski definition) is 1. The summed E-state index contributed by atoms with van der Waals surface area (Å²) in [6, 6.07) is 6.46. The van der Waals surface area contributed by atoms with Gasteiger partial charge in [-0.3, -0.25) is 0 Å². The second-order valence-electron chi connectivity index (χ2n) is 4.58. The van der Waals surface area contributed by atoms with Crippen LogP contribution in [-0.4, -0.2) is 32.9 Å². The molecule has 1 aromatic rings. The van der Waals surface area contributed by atoms with E-state index in [9.17, 15) is 0 Å². The molecule has 0 spiro atoms. The van der Waals surface area contributed by atoms with Gasteiger partial charge in [-0.25, -0.2) is 0 Å². The molecule has 0 bridgehead atoms. The van der Waals surface area contributed by atoms with Crippen LogP contribution in [0.15, 0.2) is 18.2 Å². The van der Waals surface area contributed by atoms with Crippen molar-refractivity contribution in [3.05, 3.63) is 18.2 Å². The highest BCUT2D eigenvalue weighted by atomic mass is 16.5. The third kappa shape index (κ3) is 2.70. The smallest absolute Gasteiger partial charge is 0.144 e. The Labute approximate surface area is 109 Å². The molecule has 2 N–H and O–H groups in total. The van der Waals surface area contributed by atoms with Crippen molar-refractivity contribution in [3.63, 3.8) is 0 Å². The molecule has 1 saturated heterocycles. The van der Waals surface area contributed by atoms with Gasteiger partial charge in [0.2, 0.25) is 0 Å². The fourth-order valence-electron chi connectivity index (χ4n) is 2.39. The van der Waals surface area contributed by atoms with Gasteiger partial charge in [0.1, 0.15) is 5.75 Å². The summed E-state index contributed by atoms with van der Waals surface area (Å²) in [5, 5.41) is 0. The largest absolute Gasteiger partial charge is 0.492 e. The highest BCUT2D eigenvalue weighted by molar-refractivity contribution is 5.74. The molecule has 0 aromatic heterocycles. The van der Waals surface area contributed by atoms with E-state index in [1.165, 1.54) is 0 Å². The van der Waals surface area contributed by atoms with Crippen molar-refractivity contribution in [2.45, 2.75) is 25.8 Å². The van der Waals surface area contributed by atoms with Gasteiger partial charge in [0.05, 0.1) is 18.0 Å². The number of ether oxygens (including phenoxy) is 2. The van der Waals surface area contributed by atoms with Crippen molar-refractivity contribution in [1.29, 1.82) is 0 Å². The lowest BCUT2D eigenvalue weighted by Crippen LogP contribution is -2.37. The van der Waals surface area contributed by atoms with Crippen molar-refractivity contribution >= 4 is 11.4 Å². The molecule has 0 saturated carbocycles. The summed E-state index contributed by atoms with van der Waals surface area (Å²) in [6.45, 7) is 4.27. The second kappa shape index (κ2) is 5.96. The Balaban J connectivity index is 2.18. The monoisotopic (exact) mass is 250 g/mol. The molecule has 4 nitrogen and oxygen atoms in total. The molecule has 0 radical (unpaired) electrons. The van der Waals surface area contributed by atoms with Crippen LogP contribution in [0.2, 0.25) is 0 Å². The van der Waals surface area contributed by atoms with Gasteiger partial charge in [0, 0.05) is 26.3 Å². The Kier molecular flexibility index (Phi) is 4.31. The number of para-hydroxylation sites is 1. The topological polar surface area (TPSA) is 47.7 Å². The highest BCUT2D eigenvalue weighted by Gasteiger charge is 2.21. The normalized spacial score (nSPS) is 16.6. The van der Waals surface area contributed by atoms with Crippen molar-refractivity contribution in [1.82, 2.24) is 0 Å². The van der Waals surface area contributed by atoms with Gasteiger partial charge in [-0.2, -0.15) is 0 Å². The van der Waals surface area contributed by atoms with Gasteiger partial charge < -0.3 is 20.1 Å². The lowest BCUT2D eigenvalue weighted by Gasteiger charge is -2.33. The third-order valence-electron chi connectivity index (χ3n) is 3.46. The van der Waals surface area contributed by atoms with E-state index < -0.39 is 0 Å². The first kappa shape index (κ1) is 13.0. The molecule has 1 aliphatic heterocycles. The zero-order valence-electron chi connectivity index (χ0n) is 11.2. The maximum atomic E-state index is 6.18. The minimum absolute atomic E-state index is 0.498. The average Bonchev–Trinajstić information content (AvgIpc) is 2.42. The molecule has 2 rings (SSSR count). The summed E-state index contributed by atoms with van der Waals surface area (Å²) in [5.41, 5.74) is 7.96. The van der Waals surface area contributed by atoms with Crippen LogP contribution in [0.4, 0.5) is 11.4 Å². The first-order valence-electron chi connectivity index (χ1n) is 6.56. The summed E-state index contributed by atoms with van der Waals surface area (Å²) in [5.74, 6) is 0.772. The highest BCUT2D eigenvalue weighted by Crippen LogP contribution is 2.33. The van der Waals surface area contributed by atoms with E-state index in [0.717, 1.165) is 43.2 Å². The Morgan fingerprint density at radius 2 is 2.11 bits per heavy atom. The number of hydrogen-bond acceptors (Lipinski definition) is 4. The number of nitrogens with zero attached hydrogens (tertiary/aromatic N) is 1. The minimum atomic E-state index is 0.498. The number of anilines is 2. The standard InChI is InChI=1S/C14H22N2O2/c1-3-18-13-6-4-5-12(14(13)15)16(2)11-7-9-17-10-8-11/h4-6,11H,3,7-10,15H2,1-2H3. The van der Waals surface area contributed by atoms with Gasteiger partial charge in [-0.15, -0.1) is 0 Å². The quantitative estimate of drug-likeness (QED) is 0.833. The predicted octanol–water partition coefficient (Wildman–Crippen LogP) is 2.28. The van der Waals surface area contributed by atoms with Crippen LogP contribution in [0.5, 0.6) is 5.75 Å². The molecular formula is C14H22N2O2. The maximum absolute atomic E-state index is 6.18.